The molecule has 0 aliphatic heterocycles. The van der Waals surface area contributed by atoms with E-state index in [1.807, 2.05) is 6.07 Å². The predicted octanol–water partition coefficient (Wildman–Crippen LogP) is 3.14. The van der Waals surface area contributed by atoms with Gasteiger partial charge in [-0.15, -0.1) is 0 Å². The summed E-state index contributed by atoms with van der Waals surface area (Å²) in [6.07, 6.45) is 2.00. The Morgan fingerprint density at radius 3 is 2.60 bits per heavy atom. The molecule has 0 aliphatic rings. The van der Waals surface area contributed by atoms with Crippen LogP contribution in [0.4, 0.5) is 4.39 Å². The van der Waals surface area contributed by atoms with Crippen molar-refractivity contribution in [1.82, 2.24) is 5.32 Å². The first-order chi connectivity index (χ1) is 7.11. The molecular formula is C13H20FN. The Morgan fingerprint density at radius 2 is 2.00 bits per heavy atom. The lowest BCUT2D eigenvalue weighted by molar-refractivity contribution is 0.455. The minimum atomic E-state index is -0.150. The average molecular weight is 209 g/mol. The van der Waals surface area contributed by atoms with Crippen LogP contribution in [0.25, 0.3) is 0 Å². The summed E-state index contributed by atoms with van der Waals surface area (Å²) in [4.78, 5) is 0. The summed E-state index contributed by atoms with van der Waals surface area (Å²) in [6, 6.07) is 7.74. The van der Waals surface area contributed by atoms with Crippen molar-refractivity contribution in [2.75, 3.05) is 0 Å². The Morgan fingerprint density at radius 1 is 1.27 bits per heavy atom. The van der Waals surface area contributed by atoms with Crippen LogP contribution in [0.1, 0.15) is 32.8 Å². The largest absolute Gasteiger partial charge is 0.311 e. The van der Waals surface area contributed by atoms with Gasteiger partial charge in [-0.1, -0.05) is 19.1 Å². The highest BCUT2D eigenvalue weighted by Gasteiger charge is 2.06. The van der Waals surface area contributed by atoms with Gasteiger partial charge in [0.2, 0.25) is 0 Å². The van der Waals surface area contributed by atoms with Gasteiger partial charge in [0.25, 0.3) is 0 Å². The van der Waals surface area contributed by atoms with Crippen molar-refractivity contribution in [3.8, 4) is 0 Å². The maximum atomic E-state index is 12.9. The lowest BCUT2D eigenvalue weighted by atomic mass is 10.1. The van der Waals surface area contributed by atoms with Crippen LogP contribution in [0.2, 0.25) is 0 Å². The fourth-order valence-corrected chi connectivity index (χ4v) is 1.68. The van der Waals surface area contributed by atoms with Crippen LogP contribution in [-0.4, -0.2) is 12.1 Å². The molecular weight excluding hydrogens is 189 g/mol. The molecule has 1 aromatic carbocycles. The topological polar surface area (TPSA) is 12.0 Å². The summed E-state index contributed by atoms with van der Waals surface area (Å²) in [6.45, 7) is 6.46. The van der Waals surface area contributed by atoms with Gasteiger partial charge in [0.15, 0.2) is 0 Å². The van der Waals surface area contributed by atoms with Crippen molar-refractivity contribution in [3.05, 3.63) is 35.6 Å². The smallest absolute Gasteiger partial charge is 0.123 e. The van der Waals surface area contributed by atoms with Gasteiger partial charge >= 0.3 is 0 Å². The molecule has 2 atom stereocenters. The molecule has 0 radical (unpaired) electrons. The number of hydrogen-bond donors (Lipinski definition) is 1. The first-order valence-electron chi connectivity index (χ1n) is 5.62. The zero-order chi connectivity index (χ0) is 11.3. The Hall–Kier alpha value is -0.890. The maximum absolute atomic E-state index is 12.9. The fraction of sp³-hybridized carbons (Fsp3) is 0.538. The van der Waals surface area contributed by atoms with Crippen molar-refractivity contribution in [2.24, 2.45) is 0 Å². The molecule has 1 nitrogen and oxygen atoms in total. The Kier molecular flexibility index (Phi) is 4.76. The van der Waals surface area contributed by atoms with Gasteiger partial charge in [-0.2, -0.15) is 0 Å². The molecule has 0 fully saturated rings. The Bertz CT molecular complexity index is 298. The van der Waals surface area contributed by atoms with Crippen LogP contribution in [0.5, 0.6) is 0 Å². The fourth-order valence-electron chi connectivity index (χ4n) is 1.68. The van der Waals surface area contributed by atoms with E-state index in [2.05, 4.69) is 26.1 Å². The van der Waals surface area contributed by atoms with Crippen LogP contribution >= 0.6 is 0 Å². The molecule has 0 spiro atoms. The molecule has 0 aliphatic carbocycles. The van der Waals surface area contributed by atoms with Gasteiger partial charge in [-0.25, -0.2) is 4.39 Å². The van der Waals surface area contributed by atoms with Gasteiger partial charge in [0.1, 0.15) is 5.82 Å². The quantitative estimate of drug-likeness (QED) is 0.785. The van der Waals surface area contributed by atoms with Crippen LogP contribution < -0.4 is 5.32 Å². The van der Waals surface area contributed by atoms with Crippen molar-refractivity contribution >= 4 is 0 Å². The van der Waals surface area contributed by atoms with E-state index >= 15 is 0 Å². The third kappa shape index (κ3) is 4.43. The molecule has 1 rings (SSSR count). The zero-order valence-corrected chi connectivity index (χ0v) is 9.76. The van der Waals surface area contributed by atoms with E-state index in [1.165, 1.54) is 6.07 Å². The minimum absolute atomic E-state index is 0.150. The summed E-state index contributed by atoms with van der Waals surface area (Å²) in [5, 5.41) is 3.47. The van der Waals surface area contributed by atoms with E-state index in [1.54, 1.807) is 12.1 Å². The monoisotopic (exact) mass is 209 g/mol. The number of benzene rings is 1. The molecule has 0 heterocycles. The van der Waals surface area contributed by atoms with E-state index in [9.17, 15) is 4.39 Å². The highest BCUT2D eigenvalue weighted by atomic mass is 19.1. The van der Waals surface area contributed by atoms with Crippen LogP contribution in [0.3, 0.4) is 0 Å². The Balaban J connectivity index is 2.47. The van der Waals surface area contributed by atoms with Crippen molar-refractivity contribution in [1.29, 1.82) is 0 Å². The molecule has 84 valence electrons. The van der Waals surface area contributed by atoms with Crippen LogP contribution in [-0.2, 0) is 6.42 Å². The second kappa shape index (κ2) is 5.86. The first-order valence-corrected chi connectivity index (χ1v) is 5.62. The molecule has 2 unspecified atom stereocenters. The molecule has 0 aromatic heterocycles. The molecule has 0 amide bonds. The summed E-state index contributed by atoms with van der Waals surface area (Å²) in [7, 11) is 0. The van der Waals surface area contributed by atoms with Crippen molar-refractivity contribution in [3.63, 3.8) is 0 Å². The average Bonchev–Trinajstić information content (AvgIpc) is 2.17. The van der Waals surface area contributed by atoms with E-state index in [-0.39, 0.29) is 5.82 Å². The SMILES string of the molecule is CCC(C)NC(C)Cc1cccc(F)c1. The molecule has 1 aromatic rings. The second-order valence-electron chi connectivity index (χ2n) is 4.21. The lowest BCUT2D eigenvalue weighted by Gasteiger charge is -2.18. The van der Waals surface area contributed by atoms with Gasteiger partial charge in [-0.3, -0.25) is 0 Å². The maximum Gasteiger partial charge on any atom is 0.123 e. The summed E-state index contributed by atoms with van der Waals surface area (Å²) < 4.78 is 12.9. The summed E-state index contributed by atoms with van der Waals surface area (Å²) in [5.74, 6) is -0.150. The third-order valence-corrected chi connectivity index (χ3v) is 2.61. The number of nitrogens with one attached hydrogen (secondary N) is 1. The summed E-state index contributed by atoms with van der Waals surface area (Å²) in [5.41, 5.74) is 1.05. The predicted molar refractivity (Wildman–Crippen MR) is 62.5 cm³/mol. The van der Waals surface area contributed by atoms with Crippen molar-refractivity contribution in [2.45, 2.75) is 45.7 Å². The van der Waals surface area contributed by atoms with Crippen LogP contribution in [0.15, 0.2) is 24.3 Å². The number of rotatable bonds is 5. The third-order valence-electron chi connectivity index (χ3n) is 2.61. The van der Waals surface area contributed by atoms with Crippen molar-refractivity contribution < 1.29 is 4.39 Å². The van der Waals surface area contributed by atoms with Gasteiger partial charge in [0.05, 0.1) is 0 Å². The zero-order valence-electron chi connectivity index (χ0n) is 9.76. The molecule has 15 heavy (non-hydrogen) atoms. The molecule has 0 saturated heterocycles. The second-order valence-corrected chi connectivity index (χ2v) is 4.21. The van der Waals surface area contributed by atoms with Gasteiger partial charge < -0.3 is 5.32 Å². The standard InChI is InChI=1S/C13H20FN/c1-4-10(2)15-11(3)8-12-6-5-7-13(14)9-12/h5-7,9-11,15H,4,8H2,1-3H3. The highest BCUT2D eigenvalue weighted by Crippen LogP contribution is 2.07. The minimum Gasteiger partial charge on any atom is -0.311 e. The van der Waals surface area contributed by atoms with E-state index < -0.39 is 0 Å². The van der Waals surface area contributed by atoms with Gasteiger partial charge in [0, 0.05) is 12.1 Å². The first kappa shape index (κ1) is 12.2. The van der Waals surface area contributed by atoms with E-state index in [4.69, 9.17) is 0 Å². The molecule has 0 saturated carbocycles. The highest BCUT2D eigenvalue weighted by molar-refractivity contribution is 5.17. The molecule has 2 heteroatoms. The van der Waals surface area contributed by atoms with E-state index in [0.717, 1.165) is 18.4 Å². The molecule has 0 bridgehead atoms. The number of halogens is 1. The van der Waals surface area contributed by atoms with Gasteiger partial charge in [-0.05, 0) is 44.4 Å². The number of hydrogen-bond acceptors (Lipinski definition) is 1. The van der Waals surface area contributed by atoms with E-state index in [0.29, 0.717) is 12.1 Å². The summed E-state index contributed by atoms with van der Waals surface area (Å²) >= 11 is 0. The normalized spacial score (nSPS) is 14.9. The Labute approximate surface area is 91.7 Å². The molecule has 1 N–H and O–H groups in total. The van der Waals surface area contributed by atoms with Crippen LogP contribution in [0, 0.1) is 5.82 Å². The lowest BCUT2D eigenvalue weighted by Crippen LogP contribution is -2.35.